The van der Waals surface area contributed by atoms with Crippen LogP contribution < -0.4 is 4.74 Å². The Balaban J connectivity index is 2.85. The van der Waals surface area contributed by atoms with Gasteiger partial charge in [0.25, 0.3) is 0 Å². The van der Waals surface area contributed by atoms with Crippen LogP contribution in [0.1, 0.15) is 18.9 Å². The third-order valence-electron chi connectivity index (χ3n) is 2.15. The van der Waals surface area contributed by atoms with E-state index in [4.69, 9.17) is 33.0 Å². The molecule has 1 aromatic rings. The zero-order valence-corrected chi connectivity index (χ0v) is 10.4. The normalized spacial score (nSPS) is 12.6. The number of benzene rings is 1. The third kappa shape index (κ3) is 3.52. The highest BCUT2D eigenvalue weighted by atomic mass is 35.5. The van der Waals surface area contributed by atoms with Gasteiger partial charge in [0.15, 0.2) is 0 Å². The summed E-state index contributed by atoms with van der Waals surface area (Å²) in [5, 5.41) is 19.3. The quantitative estimate of drug-likeness (QED) is 0.860. The van der Waals surface area contributed by atoms with Gasteiger partial charge in [0, 0.05) is 10.6 Å². The molecule has 0 bridgehead atoms. The second kappa shape index (κ2) is 6.30. The van der Waals surface area contributed by atoms with Gasteiger partial charge in [-0.15, -0.1) is 0 Å². The van der Waals surface area contributed by atoms with Gasteiger partial charge in [0.1, 0.15) is 12.4 Å². The van der Waals surface area contributed by atoms with E-state index in [2.05, 4.69) is 0 Å². The average molecular weight is 265 g/mol. The van der Waals surface area contributed by atoms with Crippen LogP contribution in [-0.2, 0) is 6.61 Å². The molecule has 0 aliphatic rings. The van der Waals surface area contributed by atoms with Crippen molar-refractivity contribution in [2.24, 2.45) is 0 Å². The number of ether oxygens (including phenoxy) is 1. The Kier molecular flexibility index (Phi) is 5.35. The van der Waals surface area contributed by atoms with E-state index >= 15 is 0 Å². The van der Waals surface area contributed by atoms with Gasteiger partial charge in [-0.05, 0) is 18.6 Å². The Labute approximate surface area is 105 Å². The Morgan fingerprint density at radius 2 is 2.06 bits per heavy atom. The number of rotatable bonds is 5. The van der Waals surface area contributed by atoms with E-state index in [1.165, 1.54) is 6.07 Å². The summed E-state index contributed by atoms with van der Waals surface area (Å²) >= 11 is 11.7. The zero-order chi connectivity index (χ0) is 12.1. The first-order valence-electron chi connectivity index (χ1n) is 4.98. The van der Waals surface area contributed by atoms with E-state index in [1.54, 1.807) is 6.07 Å². The topological polar surface area (TPSA) is 49.7 Å². The predicted molar refractivity (Wildman–Crippen MR) is 64.2 cm³/mol. The van der Waals surface area contributed by atoms with Crippen molar-refractivity contribution in [1.82, 2.24) is 0 Å². The van der Waals surface area contributed by atoms with Crippen molar-refractivity contribution in [3.8, 4) is 5.75 Å². The van der Waals surface area contributed by atoms with Crippen LogP contribution >= 0.6 is 23.2 Å². The molecule has 16 heavy (non-hydrogen) atoms. The molecule has 0 fully saturated rings. The molecular formula is C11H14Cl2O3. The van der Waals surface area contributed by atoms with Crippen molar-refractivity contribution in [2.45, 2.75) is 26.1 Å². The molecule has 0 aromatic heterocycles. The van der Waals surface area contributed by atoms with Crippen LogP contribution in [0.4, 0.5) is 0 Å². The fourth-order valence-electron chi connectivity index (χ4n) is 1.19. The van der Waals surface area contributed by atoms with Crippen LogP contribution in [0, 0.1) is 0 Å². The van der Waals surface area contributed by atoms with E-state index < -0.39 is 6.10 Å². The summed E-state index contributed by atoms with van der Waals surface area (Å²) in [6, 6.07) is 3.12. The van der Waals surface area contributed by atoms with Crippen molar-refractivity contribution >= 4 is 23.2 Å². The first-order chi connectivity index (χ1) is 7.58. The molecule has 0 aliphatic heterocycles. The van der Waals surface area contributed by atoms with Crippen LogP contribution in [0.3, 0.4) is 0 Å². The zero-order valence-electron chi connectivity index (χ0n) is 8.91. The van der Waals surface area contributed by atoms with Gasteiger partial charge in [-0.3, -0.25) is 0 Å². The van der Waals surface area contributed by atoms with Gasteiger partial charge in [0.05, 0.1) is 17.7 Å². The van der Waals surface area contributed by atoms with Crippen LogP contribution in [-0.4, -0.2) is 22.9 Å². The first-order valence-corrected chi connectivity index (χ1v) is 5.73. The van der Waals surface area contributed by atoms with Crippen LogP contribution in [0.15, 0.2) is 12.1 Å². The summed E-state index contributed by atoms with van der Waals surface area (Å²) in [4.78, 5) is 0. The van der Waals surface area contributed by atoms with E-state index in [0.717, 1.165) is 0 Å². The van der Waals surface area contributed by atoms with Crippen molar-refractivity contribution in [3.05, 3.63) is 27.7 Å². The molecule has 1 aromatic carbocycles. The van der Waals surface area contributed by atoms with Crippen LogP contribution in [0.2, 0.25) is 10.0 Å². The van der Waals surface area contributed by atoms with Crippen molar-refractivity contribution in [3.63, 3.8) is 0 Å². The molecule has 0 spiro atoms. The van der Waals surface area contributed by atoms with E-state index in [9.17, 15) is 5.11 Å². The second-order valence-electron chi connectivity index (χ2n) is 3.41. The summed E-state index contributed by atoms with van der Waals surface area (Å²) in [6.07, 6.45) is 0.0536. The Morgan fingerprint density at radius 3 is 2.62 bits per heavy atom. The van der Waals surface area contributed by atoms with Crippen molar-refractivity contribution < 1.29 is 14.9 Å². The minimum Gasteiger partial charge on any atom is -0.489 e. The van der Waals surface area contributed by atoms with Crippen LogP contribution in [0.25, 0.3) is 0 Å². The maximum Gasteiger partial charge on any atom is 0.143 e. The minimum atomic E-state index is -0.543. The highest BCUT2D eigenvalue weighted by Crippen LogP contribution is 2.32. The predicted octanol–water partition coefficient (Wildman–Crippen LogP) is 2.64. The summed E-state index contributed by atoms with van der Waals surface area (Å²) in [5.41, 5.74) is 0.515. The Hall–Kier alpha value is -0.480. The molecule has 1 rings (SSSR count). The lowest BCUT2D eigenvalue weighted by molar-refractivity contribution is 0.103. The lowest BCUT2D eigenvalue weighted by Gasteiger charge is -2.14. The third-order valence-corrected chi connectivity index (χ3v) is 2.65. The number of hydrogen-bond acceptors (Lipinski definition) is 3. The molecule has 0 saturated carbocycles. The largest absolute Gasteiger partial charge is 0.489 e. The Bertz CT molecular complexity index is 355. The van der Waals surface area contributed by atoms with Crippen LogP contribution in [0.5, 0.6) is 5.75 Å². The summed E-state index contributed by atoms with van der Waals surface area (Å²) < 4.78 is 5.37. The smallest absolute Gasteiger partial charge is 0.143 e. The fraction of sp³-hybridized carbons (Fsp3) is 0.455. The molecule has 0 heterocycles. The number of halogens is 2. The lowest BCUT2D eigenvalue weighted by atomic mass is 10.2. The van der Waals surface area contributed by atoms with Gasteiger partial charge in [-0.1, -0.05) is 30.1 Å². The van der Waals surface area contributed by atoms with Crippen molar-refractivity contribution in [1.29, 1.82) is 0 Å². The molecule has 0 aliphatic carbocycles. The number of aliphatic hydroxyl groups is 2. The number of aliphatic hydroxyl groups excluding tert-OH is 2. The molecule has 2 N–H and O–H groups in total. The van der Waals surface area contributed by atoms with E-state index in [-0.39, 0.29) is 13.2 Å². The van der Waals surface area contributed by atoms with Gasteiger partial charge < -0.3 is 14.9 Å². The standard InChI is InChI=1S/C11H14Cl2O3/c1-2-9(15)6-16-11-7(5-14)3-8(12)4-10(11)13/h3-4,9,14-15H,2,5-6H2,1H3. The first kappa shape index (κ1) is 13.6. The highest BCUT2D eigenvalue weighted by Gasteiger charge is 2.11. The maximum absolute atomic E-state index is 9.37. The van der Waals surface area contributed by atoms with Gasteiger partial charge in [-0.25, -0.2) is 0 Å². The summed E-state index contributed by atoms with van der Waals surface area (Å²) in [5.74, 6) is 0.376. The summed E-state index contributed by atoms with van der Waals surface area (Å²) in [6.45, 7) is 1.78. The highest BCUT2D eigenvalue weighted by molar-refractivity contribution is 6.35. The fourth-order valence-corrected chi connectivity index (χ4v) is 1.78. The molecule has 0 saturated heterocycles. The molecule has 0 radical (unpaired) electrons. The molecular weight excluding hydrogens is 251 g/mol. The summed E-state index contributed by atoms with van der Waals surface area (Å²) in [7, 11) is 0. The van der Waals surface area contributed by atoms with E-state index in [0.29, 0.717) is 27.8 Å². The number of hydrogen-bond donors (Lipinski definition) is 2. The lowest BCUT2D eigenvalue weighted by Crippen LogP contribution is -2.16. The van der Waals surface area contributed by atoms with Gasteiger partial charge in [0.2, 0.25) is 0 Å². The SMILES string of the molecule is CCC(O)COc1c(Cl)cc(Cl)cc1CO. The molecule has 1 atom stereocenters. The molecule has 0 amide bonds. The average Bonchev–Trinajstić information content (AvgIpc) is 2.26. The maximum atomic E-state index is 9.37. The molecule has 1 unspecified atom stereocenters. The molecule has 5 heteroatoms. The second-order valence-corrected chi connectivity index (χ2v) is 4.25. The molecule has 3 nitrogen and oxygen atoms in total. The Morgan fingerprint density at radius 1 is 1.38 bits per heavy atom. The van der Waals surface area contributed by atoms with Crippen molar-refractivity contribution in [2.75, 3.05) is 6.61 Å². The monoisotopic (exact) mass is 264 g/mol. The van der Waals surface area contributed by atoms with Gasteiger partial charge in [-0.2, -0.15) is 0 Å². The van der Waals surface area contributed by atoms with Gasteiger partial charge >= 0.3 is 0 Å². The minimum absolute atomic E-state index is 0.144. The molecule has 90 valence electrons. The van der Waals surface area contributed by atoms with E-state index in [1.807, 2.05) is 6.92 Å².